The summed E-state index contributed by atoms with van der Waals surface area (Å²) in [5.74, 6) is -0.380. The van der Waals surface area contributed by atoms with E-state index in [1.165, 1.54) is 0 Å². The number of halogens is 1. The molecule has 2 fully saturated rings. The number of primary amides is 1. The number of nitrogens with one attached hydrogen (secondary N) is 2. The maximum absolute atomic E-state index is 11.5. The molecular weight excluding hydrogens is 270 g/mol. The summed E-state index contributed by atoms with van der Waals surface area (Å²) in [6.07, 6.45) is 2.54. The zero-order valence-corrected chi connectivity index (χ0v) is 11.8. The van der Waals surface area contributed by atoms with E-state index in [4.69, 9.17) is 5.73 Å². The van der Waals surface area contributed by atoms with Crippen LogP contribution in [0.1, 0.15) is 32.6 Å². The molecule has 0 radical (unpaired) electrons. The van der Waals surface area contributed by atoms with E-state index in [0.717, 1.165) is 32.2 Å². The van der Waals surface area contributed by atoms with E-state index < -0.39 is 18.1 Å². The Bertz CT molecular complexity index is 354. The lowest BCUT2D eigenvalue weighted by atomic mass is 9.68. The van der Waals surface area contributed by atoms with E-state index >= 15 is 0 Å². The highest BCUT2D eigenvalue weighted by molar-refractivity contribution is 5.88. The van der Waals surface area contributed by atoms with Crippen LogP contribution in [0.5, 0.6) is 0 Å². The second-order valence-electron chi connectivity index (χ2n) is 5.52. The largest absolute Gasteiger partial charge is 0.391 e. The minimum Gasteiger partial charge on any atom is -0.391 e. The van der Waals surface area contributed by atoms with Gasteiger partial charge in [0.15, 0.2) is 0 Å². The van der Waals surface area contributed by atoms with Crippen LogP contribution in [0.15, 0.2) is 0 Å². The number of aliphatic hydroxyl groups is 1. The molecule has 0 aromatic rings. The van der Waals surface area contributed by atoms with E-state index in [0.29, 0.717) is 0 Å². The molecule has 0 bridgehead atoms. The minimum absolute atomic E-state index is 0. The van der Waals surface area contributed by atoms with Gasteiger partial charge in [-0.3, -0.25) is 9.59 Å². The monoisotopic (exact) mass is 291 g/mol. The number of β-lactam (4-membered cyclic amide) rings is 1. The summed E-state index contributed by atoms with van der Waals surface area (Å²) in [4.78, 5) is 22.7. The van der Waals surface area contributed by atoms with Gasteiger partial charge in [-0.25, -0.2) is 0 Å². The van der Waals surface area contributed by atoms with Gasteiger partial charge in [0, 0.05) is 12.6 Å². The number of hydrogen-bond donors (Lipinski definition) is 4. The molecule has 2 rings (SSSR count). The van der Waals surface area contributed by atoms with E-state index in [2.05, 4.69) is 10.6 Å². The van der Waals surface area contributed by atoms with Gasteiger partial charge in [-0.1, -0.05) is 0 Å². The maximum atomic E-state index is 11.5. The third kappa shape index (κ3) is 3.19. The molecule has 1 saturated carbocycles. The van der Waals surface area contributed by atoms with Gasteiger partial charge in [0.1, 0.15) is 6.04 Å². The van der Waals surface area contributed by atoms with Crippen LogP contribution in [0.4, 0.5) is 0 Å². The Morgan fingerprint density at radius 3 is 2.42 bits per heavy atom. The van der Waals surface area contributed by atoms with E-state index in [1.807, 2.05) is 0 Å². The molecule has 7 heteroatoms. The third-order valence-corrected chi connectivity index (χ3v) is 4.22. The molecule has 1 aliphatic carbocycles. The Morgan fingerprint density at radius 2 is 2.11 bits per heavy atom. The number of amides is 2. The Morgan fingerprint density at radius 1 is 1.53 bits per heavy atom. The van der Waals surface area contributed by atoms with Crippen LogP contribution < -0.4 is 16.4 Å². The Balaban J connectivity index is 0.00000180. The van der Waals surface area contributed by atoms with Crippen molar-refractivity contribution in [3.8, 4) is 0 Å². The van der Waals surface area contributed by atoms with Gasteiger partial charge in [0.25, 0.3) is 0 Å². The summed E-state index contributed by atoms with van der Waals surface area (Å²) in [5, 5.41) is 15.4. The molecule has 6 nitrogen and oxygen atoms in total. The van der Waals surface area contributed by atoms with Crippen molar-refractivity contribution in [2.45, 2.75) is 50.8 Å². The fraction of sp³-hybridized carbons (Fsp3) is 0.833. The summed E-state index contributed by atoms with van der Waals surface area (Å²) < 4.78 is 0. The molecule has 5 N–H and O–H groups in total. The van der Waals surface area contributed by atoms with Crippen molar-refractivity contribution >= 4 is 24.2 Å². The lowest BCUT2D eigenvalue weighted by Gasteiger charge is -2.46. The zero-order valence-electron chi connectivity index (χ0n) is 11.0. The Labute approximate surface area is 118 Å². The molecule has 2 aliphatic rings. The highest BCUT2D eigenvalue weighted by atomic mass is 35.5. The second-order valence-corrected chi connectivity index (χ2v) is 5.52. The summed E-state index contributed by atoms with van der Waals surface area (Å²) >= 11 is 0. The van der Waals surface area contributed by atoms with Crippen LogP contribution in [-0.4, -0.2) is 41.7 Å². The van der Waals surface area contributed by atoms with Crippen molar-refractivity contribution < 1.29 is 14.7 Å². The number of rotatable bonds is 4. The fourth-order valence-corrected chi connectivity index (χ4v) is 2.86. The van der Waals surface area contributed by atoms with Gasteiger partial charge in [0.05, 0.1) is 11.5 Å². The first-order chi connectivity index (χ1) is 8.44. The SMILES string of the molecule is C[C@@H](O)[C@H](NC1CCC2(CC1)CNC2=O)C(N)=O.Cl. The van der Waals surface area contributed by atoms with Crippen LogP contribution >= 0.6 is 12.4 Å². The standard InChI is InChI=1S/C12H21N3O3.ClH/c1-7(16)9(10(13)17)15-8-2-4-12(5-3-8)6-14-11(12)18;/h7-9,15-16H,2-6H2,1H3,(H2,13,17)(H,14,18);1H/t7-,8?,9+,12?;/m1./s1. The molecule has 110 valence electrons. The number of carbonyl (C=O) groups excluding carboxylic acids is 2. The van der Waals surface area contributed by atoms with E-state index in [1.54, 1.807) is 6.92 Å². The first-order valence-electron chi connectivity index (χ1n) is 6.46. The summed E-state index contributed by atoms with van der Waals surface area (Å²) in [6.45, 7) is 2.32. The molecule has 2 amide bonds. The van der Waals surface area contributed by atoms with Crippen molar-refractivity contribution in [3.63, 3.8) is 0 Å². The normalized spacial score (nSPS) is 32.7. The van der Waals surface area contributed by atoms with Gasteiger partial charge < -0.3 is 21.5 Å². The average molecular weight is 292 g/mol. The maximum Gasteiger partial charge on any atom is 0.237 e. The molecule has 0 unspecified atom stereocenters. The molecule has 1 saturated heterocycles. The molecule has 1 spiro atoms. The molecule has 0 aromatic carbocycles. The predicted molar refractivity (Wildman–Crippen MR) is 72.7 cm³/mol. The lowest BCUT2D eigenvalue weighted by molar-refractivity contribution is -0.143. The first-order valence-corrected chi connectivity index (χ1v) is 6.46. The van der Waals surface area contributed by atoms with Crippen LogP contribution in [-0.2, 0) is 9.59 Å². The first kappa shape index (κ1) is 16.2. The fourth-order valence-electron chi connectivity index (χ4n) is 2.86. The number of nitrogens with two attached hydrogens (primary N) is 1. The van der Waals surface area contributed by atoms with Crippen molar-refractivity contribution in [2.24, 2.45) is 11.1 Å². The number of aliphatic hydroxyl groups excluding tert-OH is 1. The second kappa shape index (κ2) is 6.07. The van der Waals surface area contributed by atoms with Crippen molar-refractivity contribution in [1.82, 2.24) is 10.6 Å². The van der Waals surface area contributed by atoms with Gasteiger partial charge >= 0.3 is 0 Å². The number of hydrogen-bond acceptors (Lipinski definition) is 4. The topological polar surface area (TPSA) is 104 Å². The van der Waals surface area contributed by atoms with Gasteiger partial charge in [-0.15, -0.1) is 12.4 Å². The van der Waals surface area contributed by atoms with Crippen LogP contribution in [0, 0.1) is 5.41 Å². The zero-order chi connectivity index (χ0) is 13.3. The van der Waals surface area contributed by atoms with Gasteiger partial charge in [0.2, 0.25) is 11.8 Å². The molecular formula is C12H22ClN3O3. The molecule has 2 atom stereocenters. The average Bonchev–Trinajstić information content (AvgIpc) is 2.34. The predicted octanol–water partition coefficient (Wildman–Crippen LogP) is -0.709. The highest BCUT2D eigenvalue weighted by Crippen LogP contribution is 2.40. The van der Waals surface area contributed by atoms with Crippen LogP contribution in [0.3, 0.4) is 0 Å². The summed E-state index contributed by atoms with van der Waals surface area (Å²) in [5.41, 5.74) is 5.08. The summed E-state index contributed by atoms with van der Waals surface area (Å²) in [6, 6.07) is -0.560. The van der Waals surface area contributed by atoms with Gasteiger partial charge in [-0.2, -0.15) is 0 Å². The molecule has 19 heavy (non-hydrogen) atoms. The van der Waals surface area contributed by atoms with Crippen LogP contribution in [0.2, 0.25) is 0 Å². The van der Waals surface area contributed by atoms with Crippen LogP contribution in [0.25, 0.3) is 0 Å². The van der Waals surface area contributed by atoms with Gasteiger partial charge in [-0.05, 0) is 32.6 Å². The van der Waals surface area contributed by atoms with Crippen molar-refractivity contribution in [3.05, 3.63) is 0 Å². The van der Waals surface area contributed by atoms with Crippen molar-refractivity contribution in [1.29, 1.82) is 0 Å². The Kier molecular flexibility index (Phi) is 5.18. The smallest absolute Gasteiger partial charge is 0.237 e. The molecule has 0 aromatic heterocycles. The van der Waals surface area contributed by atoms with E-state index in [-0.39, 0.29) is 29.8 Å². The van der Waals surface area contributed by atoms with Crippen molar-refractivity contribution in [2.75, 3.05) is 6.54 Å². The van der Waals surface area contributed by atoms with E-state index in [9.17, 15) is 14.7 Å². The Hall–Kier alpha value is -0.850. The molecule has 1 heterocycles. The quantitative estimate of drug-likeness (QED) is 0.514. The highest BCUT2D eigenvalue weighted by Gasteiger charge is 2.48. The number of carbonyl (C=O) groups is 2. The summed E-state index contributed by atoms with van der Waals surface area (Å²) in [7, 11) is 0. The third-order valence-electron chi connectivity index (χ3n) is 4.22. The molecule has 1 aliphatic heterocycles. The minimum atomic E-state index is -0.801. The lowest BCUT2D eigenvalue weighted by Crippen LogP contribution is -2.62.